The van der Waals surface area contributed by atoms with Crippen LogP contribution in [-0.2, 0) is 14.8 Å². The molecule has 3 aromatic carbocycles. The summed E-state index contributed by atoms with van der Waals surface area (Å²) in [5, 5.41) is 4.03. The molecule has 0 heterocycles. The van der Waals surface area contributed by atoms with Crippen LogP contribution in [-0.4, -0.2) is 27.1 Å². The van der Waals surface area contributed by atoms with Gasteiger partial charge >= 0.3 is 0 Å². The van der Waals surface area contributed by atoms with Crippen LogP contribution in [0.3, 0.4) is 0 Å². The number of carbonyl (C=O) groups excluding carboxylic acids is 1. The highest BCUT2D eigenvalue weighted by Gasteiger charge is 2.26. The Morgan fingerprint density at radius 3 is 2.16 bits per heavy atom. The van der Waals surface area contributed by atoms with Gasteiger partial charge in [0.25, 0.3) is 15.9 Å². The first kappa shape index (κ1) is 22.2. The van der Waals surface area contributed by atoms with Crippen molar-refractivity contribution in [2.75, 3.05) is 10.8 Å². The Balaban J connectivity index is 1.81. The summed E-state index contributed by atoms with van der Waals surface area (Å²) in [6.07, 6.45) is 1.57. The molecule has 0 aliphatic carbocycles. The number of hydrazone groups is 1. The van der Waals surface area contributed by atoms with Crippen LogP contribution in [0.25, 0.3) is 0 Å². The average molecular weight is 436 g/mol. The SMILES string of the molecule is Cc1ccc(/C=N/NC(=O)CN(c2ccccc2)S(=O)(=O)c2ccccc2)c(C)c1C. The molecule has 1 amide bonds. The standard InChI is InChI=1S/C24H25N3O3S/c1-18-14-15-21(20(3)19(18)2)16-25-26-24(28)17-27(22-10-6-4-7-11-22)31(29,30)23-12-8-5-9-13-23/h4-16H,17H2,1-3H3,(H,26,28)/b25-16+. The minimum Gasteiger partial charge on any atom is -0.271 e. The maximum atomic E-state index is 13.2. The van der Waals surface area contributed by atoms with Crippen molar-refractivity contribution in [2.24, 2.45) is 5.10 Å². The Kier molecular flexibility index (Phi) is 6.87. The van der Waals surface area contributed by atoms with E-state index in [9.17, 15) is 13.2 Å². The summed E-state index contributed by atoms with van der Waals surface area (Å²) >= 11 is 0. The molecule has 3 aromatic rings. The highest BCUT2D eigenvalue weighted by molar-refractivity contribution is 7.92. The molecule has 0 spiro atoms. The number of para-hydroxylation sites is 1. The summed E-state index contributed by atoms with van der Waals surface area (Å²) < 4.78 is 27.4. The highest BCUT2D eigenvalue weighted by Crippen LogP contribution is 2.23. The fourth-order valence-electron chi connectivity index (χ4n) is 3.09. The second kappa shape index (κ2) is 9.57. The number of hydrogen-bond donors (Lipinski definition) is 1. The van der Waals surface area contributed by atoms with Crippen molar-refractivity contribution in [3.05, 3.63) is 95.1 Å². The number of rotatable bonds is 7. The van der Waals surface area contributed by atoms with E-state index in [1.165, 1.54) is 23.3 Å². The van der Waals surface area contributed by atoms with Crippen LogP contribution < -0.4 is 9.73 Å². The molecule has 1 N–H and O–H groups in total. The van der Waals surface area contributed by atoms with Crippen LogP contribution in [0.15, 0.2) is 82.8 Å². The second-order valence-corrected chi connectivity index (χ2v) is 9.04. The van der Waals surface area contributed by atoms with E-state index in [2.05, 4.69) is 10.5 Å². The van der Waals surface area contributed by atoms with Gasteiger partial charge in [0.15, 0.2) is 0 Å². The van der Waals surface area contributed by atoms with Crippen LogP contribution in [0.5, 0.6) is 0 Å². The molecule has 0 radical (unpaired) electrons. The van der Waals surface area contributed by atoms with E-state index in [0.717, 1.165) is 15.4 Å². The maximum Gasteiger partial charge on any atom is 0.264 e. The Hall–Kier alpha value is -3.45. The van der Waals surface area contributed by atoms with Gasteiger partial charge in [0.2, 0.25) is 0 Å². The van der Waals surface area contributed by atoms with Crippen LogP contribution in [0.4, 0.5) is 5.69 Å². The zero-order valence-corrected chi connectivity index (χ0v) is 18.6. The Labute approximate surface area is 183 Å². The van der Waals surface area contributed by atoms with Crippen LogP contribution >= 0.6 is 0 Å². The fourth-order valence-corrected chi connectivity index (χ4v) is 4.53. The third-order valence-electron chi connectivity index (χ3n) is 5.16. The first-order valence-corrected chi connectivity index (χ1v) is 11.3. The van der Waals surface area contributed by atoms with Crippen molar-refractivity contribution in [1.29, 1.82) is 0 Å². The Morgan fingerprint density at radius 2 is 1.52 bits per heavy atom. The van der Waals surface area contributed by atoms with Crippen LogP contribution in [0.2, 0.25) is 0 Å². The van der Waals surface area contributed by atoms with E-state index in [4.69, 9.17) is 0 Å². The normalized spacial score (nSPS) is 11.5. The molecule has 0 fully saturated rings. The van der Waals surface area contributed by atoms with Crippen molar-refractivity contribution >= 4 is 27.8 Å². The number of anilines is 1. The molecular weight excluding hydrogens is 410 g/mol. The Bertz CT molecular complexity index is 1190. The summed E-state index contributed by atoms with van der Waals surface area (Å²) in [5.74, 6) is -0.541. The van der Waals surface area contributed by atoms with E-state index >= 15 is 0 Å². The van der Waals surface area contributed by atoms with Gasteiger partial charge in [-0.1, -0.05) is 48.5 Å². The number of amides is 1. The molecule has 3 rings (SSSR count). The lowest BCUT2D eigenvalue weighted by atomic mass is 10.00. The summed E-state index contributed by atoms with van der Waals surface area (Å²) in [4.78, 5) is 12.7. The summed E-state index contributed by atoms with van der Waals surface area (Å²) in [6, 6.07) is 20.5. The lowest BCUT2D eigenvalue weighted by Crippen LogP contribution is -2.39. The van der Waals surface area contributed by atoms with Crippen molar-refractivity contribution in [2.45, 2.75) is 25.7 Å². The molecule has 0 unspecified atom stereocenters. The zero-order chi connectivity index (χ0) is 22.4. The molecule has 0 atom stereocenters. The monoisotopic (exact) mass is 435 g/mol. The number of benzene rings is 3. The molecule has 31 heavy (non-hydrogen) atoms. The van der Waals surface area contributed by atoms with Gasteiger partial charge in [-0.25, -0.2) is 13.8 Å². The van der Waals surface area contributed by atoms with E-state index in [1.54, 1.807) is 54.7 Å². The lowest BCUT2D eigenvalue weighted by molar-refractivity contribution is -0.119. The van der Waals surface area contributed by atoms with Gasteiger partial charge in [-0.2, -0.15) is 5.10 Å². The largest absolute Gasteiger partial charge is 0.271 e. The van der Waals surface area contributed by atoms with Crippen molar-refractivity contribution in [3.63, 3.8) is 0 Å². The molecule has 0 aliphatic heterocycles. The van der Waals surface area contributed by atoms with Crippen molar-refractivity contribution in [1.82, 2.24) is 5.43 Å². The van der Waals surface area contributed by atoms with Gasteiger partial charge < -0.3 is 0 Å². The summed E-state index contributed by atoms with van der Waals surface area (Å²) in [5.41, 5.74) is 7.16. The number of carbonyl (C=O) groups is 1. The smallest absolute Gasteiger partial charge is 0.264 e. The number of aryl methyl sites for hydroxylation is 1. The number of nitrogens with zero attached hydrogens (tertiary/aromatic N) is 2. The number of nitrogens with one attached hydrogen (secondary N) is 1. The lowest BCUT2D eigenvalue weighted by Gasteiger charge is -2.23. The summed E-state index contributed by atoms with van der Waals surface area (Å²) in [7, 11) is -3.92. The highest BCUT2D eigenvalue weighted by atomic mass is 32.2. The van der Waals surface area contributed by atoms with Gasteiger partial charge in [0.1, 0.15) is 6.54 Å². The van der Waals surface area contributed by atoms with Gasteiger partial charge in [-0.05, 0) is 67.3 Å². The topological polar surface area (TPSA) is 78.8 Å². The van der Waals surface area contributed by atoms with Gasteiger partial charge in [0.05, 0.1) is 16.8 Å². The summed E-state index contributed by atoms with van der Waals surface area (Å²) in [6.45, 7) is 5.67. The maximum absolute atomic E-state index is 13.2. The predicted molar refractivity (Wildman–Crippen MR) is 124 cm³/mol. The van der Waals surface area contributed by atoms with Crippen molar-refractivity contribution < 1.29 is 13.2 Å². The van der Waals surface area contributed by atoms with Gasteiger partial charge in [0, 0.05) is 0 Å². The van der Waals surface area contributed by atoms with Gasteiger partial charge in [-0.3, -0.25) is 9.10 Å². The van der Waals surface area contributed by atoms with Crippen LogP contribution in [0, 0.1) is 20.8 Å². The number of hydrogen-bond acceptors (Lipinski definition) is 4. The third kappa shape index (κ3) is 5.19. The molecule has 0 bridgehead atoms. The molecule has 0 saturated carbocycles. The molecule has 7 heteroatoms. The van der Waals surface area contributed by atoms with E-state index in [1.807, 2.05) is 32.9 Å². The van der Waals surface area contributed by atoms with E-state index in [0.29, 0.717) is 5.69 Å². The van der Waals surface area contributed by atoms with Gasteiger partial charge in [-0.15, -0.1) is 0 Å². The minimum absolute atomic E-state index is 0.112. The third-order valence-corrected chi connectivity index (χ3v) is 6.94. The predicted octanol–water partition coefficient (Wildman–Crippen LogP) is 3.96. The van der Waals surface area contributed by atoms with E-state index in [-0.39, 0.29) is 4.90 Å². The Morgan fingerprint density at radius 1 is 0.903 bits per heavy atom. The molecule has 6 nitrogen and oxygen atoms in total. The average Bonchev–Trinajstić information content (AvgIpc) is 2.78. The molecule has 0 aromatic heterocycles. The second-order valence-electron chi connectivity index (χ2n) is 7.18. The quantitative estimate of drug-likeness (QED) is 0.451. The first-order valence-electron chi connectivity index (χ1n) is 9.82. The van der Waals surface area contributed by atoms with Crippen molar-refractivity contribution in [3.8, 4) is 0 Å². The minimum atomic E-state index is -3.92. The molecule has 0 saturated heterocycles. The molecule has 160 valence electrons. The molecule has 0 aliphatic rings. The zero-order valence-electron chi connectivity index (χ0n) is 17.7. The fraction of sp³-hybridized carbons (Fsp3) is 0.167. The molecular formula is C24H25N3O3S. The van der Waals surface area contributed by atoms with Crippen LogP contribution in [0.1, 0.15) is 22.3 Å². The van der Waals surface area contributed by atoms with E-state index < -0.39 is 22.5 Å². The number of sulfonamides is 1. The first-order chi connectivity index (χ1) is 14.8.